The molecule has 2 nitrogen and oxygen atoms in total. The lowest BCUT2D eigenvalue weighted by molar-refractivity contribution is 0.00823. The summed E-state index contributed by atoms with van der Waals surface area (Å²) in [5.74, 6) is 0. The van der Waals surface area contributed by atoms with Crippen molar-refractivity contribution in [1.29, 1.82) is 0 Å². The van der Waals surface area contributed by atoms with Gasteiger partial charge in [-0.2, -0.15) is 0 Å². The van der Waals surface area contributed by atoms with Crippen LogP contribution in [-0.4, -0.2) is 29.6 Å². The average Bonchev–Trinajstić information content (AvgIpc) is 2.42. The summed E-state index contributed by atoms with van der Waals surface area (Å²) in [7, 11) is 0. The van der Waals surface area contributed by atoms with Gasteiger partial charge in [-0.05, 0) is 39.7 Å². The van der Waals surface area contributed by atoms with E-state index in [0.717, 1.165) is 13.1 Å². The summed E-state index contributed by atoms with van der Waals surface area (Å²) in [6, 6.07) is 11.4. The van der Waals surface area contributed by atoms with Crippen molar-refractivity contribution in [3.05, 3.63) is 35.9 Å². The van der Waals surface area contributed by atoms with Crippen molar-refractivity contribution < 1.29 is 0 Å². The lowest BCUT2D eigenvalue weighted by Crippen LogP contribution is -2.65. The van der Waals surface area contributed by atoms with Crippen molar-refractivity contribution in [2.75, 3.05) is 13.1 Å². The second kappa shape index (κ2) is 5.26. The highest BCUT2D eigenvalue weighted by atomic mass is 15.3. The zero-order chi connectivity index (χ0) is 14.1. The van der Waals surface area contributed by atoms with Gasteiger partial charge in [0.15, 0.2) is 0 Å². The maximum Gasteiger partial charge on any atom is 0.0535 e. The molecule has 1 aromatic carbocycles. The minimum Gasteiger partial charge on any atom is -0.305 e. The first-order valence-electron chi connectivity index (χ1n) is 7.46. The molecule has 0 bridgehead atoms. The fourth-order valence-electron chi connectivity index (χ4n) is 3.05. The summed E-state index contributed by atoms with van der Waals surface area (Å²) >= 11 is 0. The van der Waals surface area contributed by atoms with E-state index < -0.39 is 0 Å². The van der Waals surface area contributed by atoms with Gasteiger partial charge in [0.2, 0.25) is 0 Å². The van der Waals surface area contributed by atoms with Crippen LogP contribution in [0, 0.1) is 0 Å². The molecule has 2 atom stereocenters. The van der Waals surface area contributed by atoms with E-state index in [4.69, 9.17) is 0 Å². The molecule has 1 saturated heterocycles. The summed E-state index contributed by atoms with van der Waals surface area (Å²) in [4.78, 5) is 2.66. The van der Waals surface area contributed by atoms with Crippen LogP contribution in [0.15, 0.2) is 30.3 Å². The maximum absolute atomic E-state index is 3.75. The molecule has 0 amide bonds. The highest BCUT2D eigenvalue weighted by Gasteiger charge is 2.40. The molecule has 19 heavy (non-hydrogen) atoms. The Balaban J connectivity index is 2.26. The Morgan fingerprint density at radius 2 is 1.95 bits per heavy atom. The van der Waals surface area contributed by atoms with Crippen LogP contribution in [0.25, 0.3) is 0 Å². The van der Waals surface area contributed by atoms with Gasteiger partial charge in [0, 0.05) is 24.7 Å². The van der Waals surface area contributed by atoms with Crippen molar-refractivity contribution in [1.82, 2.24) is 10.2 Å². The van der Waals surface area contributed by atoms with Crippen molar-refractivity contribution in [3.63, 3.8) is 0 Å². The molecule has 0 aliphatic carbocycles. The van der Waals surface area contributed by atoms with Crippen LogP contribution >= 0.6 is 0 Å². The summed E-state index contributed by atoms with van der Waals surface area (Å²) in [6.45, 7) is 13.8. The van der Waals surface area contributed by atoms with Crippen LogP contribution in [0.4, 0.5) is 0 Å². The lowest BCUT2D eigenvalue weighted by atomic mass is 9.85. The standard InChI is InChI=1S/C17H28N2/c1-6-16(3,4)19-13-17(5,18-12-14(19)2)15-10-8-7-9-11-15/h7-11,14,18H,6,12-13H2,1-5H3. The molecular formula is C17H28N2. The van der Waals surface area contributed by atoms with Gasteiger partial charge in [-0.3, -0.25) is 4.90 Å². The van der Waals surface area contributed by atoms with Crippen molar-refractivity contribution in [2.24, 2.45) is 0 Å². The molecular weight excluding hydrogens is 232 g/mol. The zero-order valence-corrected chi connectivity index (χ0v) is 13.0. The Morgan fingerprint density at radius 1 is 1.32 bits per heavy atom. The minimum atomic E-state index is 0.0558. The van der Waals surface area contributed by atoms with Gasteiger partial charge in [-0.1, -0.05) is 37.3 Å². The van der Waals surface area contributed by atoms with Crippen LogP contribution in [-0.2, 0) is 5.54 Å². The molecule has 0 saturated carbocycles. The first-order valence-corrected chi connectivity index (χ1v) is 7.46. The second-order valence-corrected chi connectivity index (χ2v) is 6.72. The number of benzene rings is 1. The monoisotopic (exact) mass is 260 g/mol. The van der Waals surface area contributed by atoms with E-state index in [-0.39, 0.29) is 11.1 Å². The SMILES string of the molecule is CCC(C)(C)N1CC(C)(c2ccccc2)NCC1C. The molecule has 0 aromatic heterocycles. The van der Waals surface area contributed by atoms with E-state index in [1.165, 1.54) is 12.0 Å². The Hall–Kier alpha value is -0.860. The summed E-state index contributed by atoms with van der Waals surface area (Å²) in [6.07, 6.45) is 1.18. The number of rotatable bonds is 3. The molecule has 1 aromatic rings. The van der Waals surface area contributed by atoms with Crippen molar-refractivity contribution >= 4 is 0 Å². The molecule has 1 aliphatic rings. The molecule has 2 rings (SSSR count). The lowest BCUT2D eigenvalue weighted by Gasteiger charge is -2.52. The topological polar surface area (TPSA) is 15.3 Å². The number of piperazine rings is 1. The maximum atomic E-state index is 3.75. The van der Waals surface area contributed by atoms with E-state index in [1.807, 2.05) is 0 Å². The normalized spacial score (nSPS) is 29.4. The summed E-state index contributed by atoms with van der Waals surface area (Å²) in [5.41, 5.74) is 1.71. The number of hydrogen-bond acceptors (Lipinski definition) is 2. The van der Waals surface area contributed by atoms with E-state index >= 15 is 0 Å². The molecule has 1 aliphatic heterocycles. The Kier molecular flexibility index (Phi) is 4.03. The summed E-state index contributed by atoms with van der Waals surface area (Å²) in [5, 5.41) is 3.75. The third-order valence-corrected chi connectivity index (χ3v) is 4.86. The first-order chi connectivity index (χ1) is 8.89. The molecule has 0 radical (unpaired) electrons. The quantitative estimate of drug-likeness (QED) is 0.896. The van der Waals surface area contributed by atoms with Crippen LogP contribution in [0.3, 0.4) is 0 Å². The Bertz CT molecular complexity index is 413. The fraction of sp³-hybridized carbons (Fsp3) is 0.647. The molecule has 1 N–H and O–H groups in total. The first kappa shape index (κ1) is 14.5. The third-order valence-electron chi connectivity index (χ3n) is 4.86. The van der Waals surface area contributed by atoms with Gasteiger partial charge < -0.3 is 5.32 Å². The van der Waals surface area contributed by atoms with E-state index in [1.54, 1.807) is 0 Å². The second-order valence-electron chi connectivity index (χ2n) is 6.72. The zero-order valence-electron chi connectivity index (χ0n) is 13.0. The van der Waals surface area contributed by atoms with Crippen LogP contribution in [0.2, 0.25) is 0 Å². The molecule has 2 heteroatoms. The smallest absolute Gasteiger partial charge is 0.0535 e. The number of nitrogens with zero attached hydrogens (tertiary/aromatic N) is 1. The Morgan fingerprint density at radius 3 is 2.53 bits per heavy atom. The highest BCUT2D eigenvalue weighted by molar-refractivity contribution is 5.25. The Labute approximate surface area is 118 Å². The molecule has 1 heterocycles. The molecule has 0 spiro atoms. The van der Waals surface area contributed by atoms with Gasteiger partial charge in [-0.15, -0.1) is 0 Å². The predicted molar refractivity (Wildman–Crippen MR) is 82.3 cm³/mol. The molecule has 106 valence electrons. The van der Waals surface area contributed by atoms with Gasteiger partial charge in [-0.25, -0.2) is 0 Å². The molecule has 2 unspecified atom stereocenters. The van der Waals surface area contributed by atoms with Crippen molar-refractivity contribution in [3.8, 4) is 0 Å². The van der Waals surface area contributed by atoms with E-state index in [9.17, 15) is 0 Å². The van der Waals surface area contributed by atoms with Crippen LogP contribution in [0.5, 0.6) is 0 Å². The van der Waals surface area contributed by atoms with Gasteiger partial charge in [0.05, 0.1) is 5.54 Å². The van der Waals surface area contributed by atoms with Gasteiger partial charge >= 0.3 is 0 Å². The number of hydrogen-bond donors (Lipinski definition) is 1. The summed E-state index contributed by atoms with van der Waals surface area (Å²) < 4.78 is 0. The minimum absolute atomic E-state index is 0.0558. The third kappa shape index (κ3) is 2.85. The van der Waals surface area contributed by atoms with E-state index in [2.05, 4.69) is 75.2 Å². The van der Waals surface area contributed by atoms with Gasteiger partial charge in [0.1, 0.15) is 0 Å². The fourth-order valence-corrected chi connectivity index (χ4v) is 3.05. The number of nitrogens with one attached hydrogen (secondary N) is 1. The van der Waals surface area contributed by atoms with Crippen molar-refractivity contribution in [2.45, 2.75) is 58.2 Å². The molecule has 1 fully saturated rings. The van der Waals surface area contributed by atoms with E-state index in [0.29, 0.717) is 6.04 Å². The highest BCUT2D eigenvalue weighted by Crippen LogP contribution is 2.32. The largest absolute Gasteiger partial charge is 0.305 e. The van der Waals surface area contributed by atoms with Crippen LogP contribution in [0.1, 0.15) is 46.6 Å². The van der Waals surface area contributed by atoms with Gasteiger partial charge in [0.25, 0.3) is 0 Å². The average molecular weight is 260 g/mol. The predicted octanol–water partition coefficient (Wildman–Crippen LogP) is 3.38. The van der Waals surface area contributed by atoms with Crippen LogP contribution < -0.4 is 5.32 Å².